The van der Waals surface area contributed by atoms with E-state index < -0.39 is 5.91 Å². The third-order valence-electron chi connectivity index (χ3n) is 3.02. The van der Waals surface area contributed by atoms with Gasteiger partial charge in [-0.1, -0.05) is 0 Å². The first-order chi connectivity index (χ1) is 10.1. The van der Waals surface area contributed by atoms with Crippen molar-refractivity contribution >= 4 is 23.5 Å². The topological polar surface area (TPSA) is 79.0 Å². The zero-order valence-electron chi connectivity index (χ0n) is 12.1. The van der Waals surface area contributed by atoms with Crippen molar-refractivity contribution in [2.24, 2.45) is 5.73 Å². The Hall–Kier alpha value is -1.86. The van der Waals surface area contributed by atoms with Gasteiger partial charge in [0.2, 0.25) is 0 Å². The summed E-state index contributed by atoms with van der Waals surface area (Å²) in [6.45, 7) is 4.73. The van der Waals surface area contributed by atoms with Gasteiger partial charge in [-0.3, -0.25) is 9.80 Å². The zero-order chi connectivity index (χ0) is 15.4. The molecule has 1 aromatic rings. The number of nitrogens with zero attached hydrogens (tertiary/aromatic N) is 2. The van der Waals surface area contributed by atoms with Crippen LogP contribution in [0.5, 0.6) is 5.75 Å². The number of aliphatic hydroxyl groups excluding tert-OH is 1. The summed E-state index contributed by atoms with van der Waals surface area (Å²) in [7, 11) is 0. The molecule has 0 atom stereocenters. The van der Waals surface area contributed by atoms with Crippen molar-refractivity contribution < 1.29 is 14.6 Å². The number of anilines is 1. The first-order valence-corrected chi connectivity index (χ1v) is 7.45. The average Bonchev–Trinajstić information content (AvgIpc) is 2.78. The van der Waals surface area contributed by atoms with Crippen molar-refractivity contribution in [3.8, 4) is 5.75 Å². The van der Waals surface area contributed by atoms with Crippen LogP contribution in [-0.4, -0.2) is 35.8 Å². The number of carbonyl (C=O) groups is 1. The number of benzene rings is 1. The minimum absolute atomic E-state index is 0.0164. The number of carbonyl (C=O) groups excluding carboxylic acids is 1. The Bertz CT molecular complexity index is 545. The fourth-order valence-corrected chi connectivity index (χ4v) is 3.09. The third kappa shape index (κ3) is 3.25. The number of aliphatic hydroxyl groups is 1. The Kier molecular flexibility index (Phi) is 4.98. The molecule has 0 saturated heterocycles. The van der Waals surface area contributed by atoms with E-state index in [-0.39, 0.29) is 6.61 Å². The summed E-state index contributed by atoms with van der Waals surface area (Å²) in [6.07, 6.45) is 0. The van der Waals surface area contributed by atoms with Gasteiger partial charge in [0.1, 0.15) is 10.7 Å². The van der Waals surface area contributed by atoms with Crippen LogP contribution in [-0.2, 0) is 4.79 Å². The van der Waals surface area contributed by atoms with Gasteiger partial charge in [0, 0.05) is 11.9 Å². The monoisotopic (exact) mass is 309 g/mol. The maximum absolute atomic E-state index is 11.5. The predicted molar refractivity (Wildman–Crippen MR) is 83.4 cm³/mol. The van der Waals surface area contributed by atoms with Crippen LogP contribution in [0.25, 0.3) is 0 Å². The van der Waals surface area contributed by atoms with Crippen LogP contribution in [0.3, 0.4) is 0 Å². The summed E-state index contributed by atoms with van der Waals surface area (Å²) < 4.78 is 7.26. The largest absolute Gasteiger partial charge is 0.494 e. The minimum atomic E-state index is -0.464. The maximum Gasteiger partial charge on any atom is 0.258 e. The number of hydrazine groups is 1. The van der Waals surface area contributed by atoms with Crippen molar-refractivity contribution in [1.29, 1.82) is 0 Å². The van der Waals surface area contributed by atoms with E-state index in [0.29, 0.717) is 18.1 Å². The van der Waals surface area contributed by atoms with Gasteiger partial charge in [-0.25, -0.2) is 4.41 Å². The third-order valence-corrected chi connectivity index (χ3v) is 4.28. The Morgan fingerprint density at radius 3 is 2.57 bits per heavy atom. The molecule has 0 spiro atoms. The second-order valence-corrected chi connectivity index (χ2v) is 5.35. The molecule has 114 valence electrons. The smallest absolute Gasteiger partial charge is 0.258 e. The summed E-state index contributed by atoms with van der Waals surface area (Å²) >= 11 is 1.26. The van der Waals surface area contributed by atoms with E-state index >= 15 is 0 Å². The lowest BCUT2D eigenvalue weighted by atomic mass is 10.3. The molecule has 6 nitrogen and oxygen atoms in total. The van der Waals surface area contributed by atoms with Gasteiger partial charge in [-0.05, 0) is 38.1 Å². The molecule has 1 heterocycles. The molecule has 1 aliphatic rings. The number of ether oxygens (including phenoxy) is 1. The quantitative estimate of drug-likeness (QED) is 0.775. The number of rotatable bonds is 6. The van der Waals surface area contributed by atoms with Gasteiger partial charge in [0.15, 0.2) is 0 Å². The SMILES string of the molecule is CCOc1ccc(N2SC(C(N)=O)=C(C)N2CCO)cc1. The number of hydrogen-bond donors (Lipinski definition) is 2. The molecule has 3 N–H and O–H groups in total. The van der Waals surface area contributed by atoms with E-state index in [9.17, 15) is 9.90 Å². The van der Waals surface area contributed by atoms with Gasteiger partial charge in [-0.2, -0.15) is 0 Å². The second kappa shape index (κ2) is 6.73. The summed E-state index contributed by atoms with van der Waals surface area (Å²) in [5.74, 6) is 0.327. The molecule has 1 aromatic carbocycles. The highest BCUT2D eigenvalue weighted by atomic mass is 32.2. The molecule has 1 amide bonds. The number of primary amides is 1. The minimum Gasteiger partial charge on any atom is -0.494 e. The molecule has 21 heavy (non-hydrogen) atoms. The molecule has 0 unspecified atom stereocenters. The van der Waals surface area contributed by atoms with E-state index in [1.807, 2.05) is 47.5 Å². The van der Waals surface area contributed by atoms with Gasteiger partial charge >= 0.3 is 0 Å². The van der Waals surface area contributed by atoms with E-state index in [1.165, 1.54) is 11.9 Å². The second-order valence-electron chi connectivity index (χ2n) is 4.42. The van der Waals surface area contributed by atoms with Crippen LogP contribution in [0.2, 0.25) is 0 Å². The highest BCUT2D eigenvalue weighted by molar-refractivity contribution is 8.05. The molecule has 0 aromatic heterocycles. The molecule has 0 radical (unpaired) electrons. The summed E-state index contributed by atoms with van der Waals surface area (Å²) in [4.78, 5) is 12.0. The fraction of sp³-hybridized carbons (Fsp3) is 0.357. The van der Waals surface area contributed by atoms with Crippen LogP contribution < -0.4 is 14.9 Å². The molecule has 1 aliphatic heterocycles. The van der Waals surface area contributed by atoms with Crippen LogP contribution in [0.4, 0.5) is 5.69 Å². The standard InChI is InChI=1S/C14H19N3O3S/c1-3-20-12-6-4-11(5-7-12)17-16(8-9-18)10(2)13(21-17)14(15)19/h4-7,18H,3,8-9H2,1-2H3,(H2,15,19). The van der Waals surface area contributed by atoms with Crippen molar-refractivity contribution in [3.63, 3.8) is 0 Å². The Morgan fingerprint density at radius 2 is 2.05 bits per heavy atom. The van der Waals surface area contributed by atoms with Crippen molar-refractivity contribution in [3.05, 3.63) is 34.9 Å². The summed E-state index contributed by atoms with van der Waals surface area (Å²) in [5.41, 5.74) is 7.02. The fourth-order valence-electron chi connectivity index (χ4n) is 2.06. The Balaban J connectivity index is 2.24. The number of amides is 1. The Morgan fingerprint density at radius 1 is 1.38 bits per heavy atom. The Labute approximate surface area is 128 Å². The maximum atomic E-state index is 11.5. The molecule has 0 fully saturated rings. The van der Waals surface area contributed by atoms with E-state index in [1.54, 1.807) is 0 Å². The summed E-state index contributed by atoms with van der Waals surface area (Å²) in [6, 6.07) is 7.54. The average molecular weight is 309 g/mol. The lowest BCUT2D eigenvalue weighted by Gasteiger charge is -2.30. The normalized spacial score (nSPS) is 14.8. The molecule has 0 aliphatic carbocycles. The van der Waals surface area contributed by atoms with Gasteiger partial charge < -0.3 is 15.6 Å². The molecular weight excluding hydrogens is 290 g/mol. The first-order valence-electron chi connectivity index (χ1n) is 6.68. The lowest BCUT2D eigenvalue weighted by molar-refractivity contribution is -0.114. The van der Waals surface area contributed by atoms with E-state index in [4.69, 9.17) is 10.5 Å². The predicted octanol–water partition coefficient (Wildman–Crippen LogP) is 1.48. The first kappa shape index (κ1) is 15.5. The highest BCUT2D eigenvalue weighted by Crippen LogP contribution is 2.40. The highest BCUT2D eigenvalue weighted by Gasteiger charge is 2.31. The van der Waals surface area contributed by atoms with Crippen LogP contribution in [0.1, 0.15) is 13.8 Å². The number of hydrogen-bond acceptors (Lipinski definition) is 6. The van der Waals surface area contributed by atoms with E-state index in [2.05, 4.69) is 0 Å². The molecular formula is C14H19N3O3S. The van der Waals surface area contributed by atoms with Gasteiger partial charge in [0.25, 0.3) is 5.91 Å². The number of allylic oxidation sites excluding steroid dienone is 1. The van der Waals surface area contributed by atoms with E-state index in [0.717, 1.165) is 17.1 Å². The molecule has 7 heteroatoms. The number of nitrogens with two attached hydrogens (primary N) is 1. The number of β-amino-alcohol motifs (C(OH)–C–C–N with tert-alkyl or cyclic N) is 1. The van der Waals surface area contributed by atoms with Crippen molar-refractivity contribution in [1.82, 2.24) is 5.01 Å². The van der Waals surface area contributed by atoms with Gasteiger partial charge in [0.05, 0.1) is 31.1 Å². The van der Waals surface area contributed by atoms with Gasteiger partial charge in [-0.15, -0.1) is 0 Å². The van der Waals surface area contributed by atoms with Crippen LogP contribution >= 0.6 is 11.9 Å². The molecule has 0 bridgehead atoms. The lowest BCUT2D eigenvalue weighted by Crippen LogP contribution is -2.35. The zero-order valence-corrected chi connectivity index (χ0v) is 12.9. The van der Waals surface area contributed by atoms with Crippen molar-refractivity contribution in [2.75, 3.05) is 24.2 Å². The van der Waals surface area contributed by atoms with Crippen LogP contribution in [0, 0.1) is 0 Å². The molecule has 0 saturated carbocycles. The van der Waals surface area contributed by atoms with Crippen LogP contribution in [0.15, 0.2) is 34.9 Å². The summed E-state index contributed by atoms with van der Waals surface area (Å²) in [5, 5.41) is 11.0. The van der Waals surface area contributed by atoms with Crippen molar-refractivity contribution in [2.45, 2.75) is 13.8 Å². The molecule has 2 rings (SSSR count).